The Morgan fingerprint density at radius 1 is 1.35 bits per heavy atom. The lowest BCUT2D eigenvalue weighted by atomic mass is 10.2. The lowest BCUT2D eigenvalue weighted by Gasteiger charge is -2.02. The summed E-state index contributed by atoms with van der Waals surface area (Å²) in [7, 11) is 0. The van der Waals surface area contributed by atoms with Crippen molar-refractivity contribution in [3.63, 3.8) is 0 Å². The molecule has 0 aliphatic heterocycles. The van der Waals surface area contributed by atoms with Crippen LogP contribution in [0.4, 0.5) is 0 Å². The number of carboxylic acid groups (broad SMARTS) is 1. The molecule has 6 heteroatoms. The monoisotopic (exact) mass is 305 g/mol. The van der Waals surface area contributed by atoms with Gasteiger partial charge in [0.1, 0.15) is 17.6 Å². The Hall–Kier alpha value is -3.59. The van der Waals surface area contributed by atoms with E-state index in [-0.39, 0.29) is 5.56 Å². The van der Waals surface area contributed by atoms with Gasteiger partial charge in [0.2, 0.25) is 0 Å². The van der Waals surface area contributed by atoms with Crippen LogP contribution >= 0.6 is 0 Å². The van der Waals surface area contributed by atoms with Gasteiger partial charge >= 0.3 is 5.97 Å². The molecule has 3 aromatic rings. The largest absolute Gasteiger partial charge is 0.478 e. The second kappa shape index (κ2) is 6.03. The molecule has 0 aromatic carbocycles. The smallest absolute Gasteiger partial charge is 0.335 e. The number of hydrogen-bond donors (Lipinski definition) is 1. The van der Waals surface area contributed by atoms with Crippen LogP contribution in [0.3, 0.4) is 0 Å². The van der Waals surface area contributed by atoms with Crippen LogP contribution in [0.1, 0.15) is 27.2 Å². The normalized spacial score (nSPS) is 10.7. The number of carbonyl (C=O) groups is 1. The van der Waals surface area contributed by atoms with E-state index in [1.54, 1.807) is 47.5 Å². The van der Waals surface area contributed by atoms with E-state index in [0.29, 0.717) is 22.7 Å². The summed E-state index contributed by atoms with van der Waals surface area (Å²) in [6.45, 7) is 0. The summed E-state index contributed by atoms with van der Waals surface area (Å²) >= 11 is 0. The maximum Gasteiger partial charge on any atom is 0.335 e. The van der Waals surface area contributed by atoms with E-state index in [1.165, 1.54) is 18.3 Å². The minimum atomic E-state index is -1.03. The van der Waals surface area contributed by atoms with E-state index in [4.69, 9.17) is 9.52 Å². The molecule has 6 nitrogen and oxygen atoms in total. The van der Waals surface area contributed by atoms with Crippen molar-refractivity contribution in [2.24, 2.45) is 0 Å². The molecule has 0 saturated carbocycles. The Labute approximate surface area is 131 Å². The molecule has 0 spiro atoms. The zero-order chi connectivity index (χ0) is 16.2. The Balaban J connectivity index is 1.97. The summed E-state index contributed by atoms with van der Waals surface area (Å²) in [5.74, 6) is 0.0749. The minimum Gasteiger partial charge on any atom is -0.478 e. The highest BCUT2D eigenvalue weighted by Crippen LogP contribution is 2.18. The molecule has 0 aliphatic rings. The quantitative estimate of drug-likeness (QED) is 0.799. The number of rotatable bonds is 4. The van der Waals surface area contributed by atoms with Crippen molar-refractivity contribution in [3.8, 4) is 11.9 Å². The predicted molar refractivity (Wildman–Crippen MR) is 82.9 cm³/mol. The lowest BCUT2D eigenvalue weighted by molar-refractivity contribution is 0.0696. The average molecular weight is 305 g/mol. The summed E-state index contributed by atoms with van der Waals surface area (Å²) in [5, 5.41) is 18.3. The van der Waals surface area contributed by atoms with Gasteiger partial charge in [0.25, 0.3) is 0 Å². The summed E-state index contributed by atoms with van der Waals surface area (Å²) in [6.07, 6.45) is 9.82. The molecule has 3 rings (SSSR count). The van der Waals surface area contributed by atoms with E-state index in [9.17, 15) is 10.1 Å². The van der Waals surface area contributed by atoms with Gasteiger partial charge in [-0.2, -0.15) is 5.26 Å². The van der Waals surface area contributed by atoms with Gasteiger partial charge < -0.3 is 14.1 Å². The SMILES string of the molecule is N#Cc1cn(-c2cc(C(=O)O)ccn2)cc1/C=C/c1ccco1. The summed E-state index contributed by atoms with van der Waals surface area (Å²) in [6, 6.07) is 8.55. The first-order chi connectivity index (χ1) is 11.2. The molecule has 1 N–H and O–H groups in total. The van der Waals surface area contributed by atoms with Crippen molar-refractivity contribution in [2.45, 2.75) is 0 Å². The number of aromatic nitrogens is 2. The fourth-order valence-corrected chi connectivity index (χ4v) is 2.08. The zero-order valence-corrected chi connectivity index (χ0v) is 11.9. The number of furan rings is 1. The molecular formula is C17H11N3O3. The fourth-order valence-electron chi connectivity index (χ4n) is 2.08. The molecule has 23 heavy (non-hydrogen) atoms. The Morgan fingerprint density at radius 3 is 2.91 bits per heavy atom. The topological polar surface area (TPSA) is 92.0 Å². The second-order valence-electron chi connectivity index (χ2n) is 4.70. The summed E-state index contributed by atoms with van der Waals surface area (Å²) in [4.78, 5) is 15.2. The van der Waals surface area contributed by atoms with E-state index in [0.717, 1.165) is 0 Å². The number of hydrogen-bond acceptors (Lipinski definition) is 4. The first-order valence-electron chi connectivity index (χ1n) is 6.71. The highest BCUT2D eigenvalue weighted by molar-refractivity contribution is 5.87. The van der Waals surface area contributed by atoms with Crippen molar-refractivity contribution in [3.05, 3.63) is 71.6 Å². The third-order valence-electron chi connectivity index (χ3n) is 3.21. The lowest BCUT2D eigenvalue weighted by Crippen LogP contribution is -2.00. The average Bonchev–Trinajstić information content (AvgIpc) is 3.22. The van der Waals surface area contributed by atoms with E-state index < -0.39 is 5.97 Å². The van der Waals surface area contributed by atoms with Gasteiger partial charge in [-0.1, -0.05) is 0 Å². The van der Waals surface area contributed by atoms with Crippen LogP contribution in [-0.2, 0) is 0 Å². The van der Waals surface area contributed by atoms with Crippen molar-refractivity contribution in [2.75, 3.05) is 0 Å². The molecule has 0 atom stereocenters. The van der Waals surface area contributed by atoms with Gasteiger partial charge in [0.15, 0.2) is 0 Å². The molecule has 0 saturated heterocycles. The predicted octanol–water partition coefficient (Wildman–Crippen LogP) is 3.21. The Morgan fingerprint density at radius 2 is 2.22 bits per heavy atom. The zero-order valence-electron chi connectivity index (χ0n) is 11.9. The van der Waals surface area contributed by atoms with Crippen LogP contribution in [0.25, 0.3) is 18.0 Å². The first-order valence-corrected chi connectivity index (χ1v) is 6.71. The molecule has 112 valence electrons. The van der Waals surface area contributed by atoms with Crippen molar-refractivity contribution >= 4 is 18.1 Å². The van der Waals surface area contributed by atoms with Crippen LogP contribution < -0.4 is 0 Å². The second-order valence-corrected chi connectivity index (χ2v) is 4.70. The van der Waals surface area contributed by atoms with E-state index in [1.807, 2.05) is 0 Å². The molecule has 0 amide bonds. The number of carboxylic acids is 1. The maximum absolute atomic E-state index is 11.0. The Bertz CT molecular complexity index is 915. The molecule has 0 unspecified atom stereocenters. The van der Waals surface area contributed by atoms with E-state index >= 15 is 0 Å². The molecule has 3 heterocycles. The minimum absolute atomic E-state index is 0.134. The first kappa shape index (κ1) is 14.4. The van der Waals surface area contributed by atoms with Crippen molar-refractivity contribution in [1.29, 1.82) is 5.26 Å². The van der Waals surface area contributed by atoms with Gasteiger partial charge in [0, 0.05) is 24.2 Å². The van der Waals surface area contributed by atoms with Gasteiger partial charge in [-0.25, -0.2) is 9.78 Å². The summed E-state index contributed by atoms with van der Waals surface area (Å²) in [5.41, 5.74) is 1.27. The van der Waals surface area contributed by atoms with Gasteiger partial charge in [-0.3, -0.25) is 0 Å². The van der Waals surface area contributed by atoms with Crippen molar-refractivity contribution in [1.82, 2.24) is 9.55 Å². The highest BCUT2D eigenvalue weighted by atomic mass is 16.4. The number of pyridine rings is 1. The molecule has 0 bridgehead atoms. The van der Waals surface area contributed by atoms with Crippen LogP contribution in [0, 0.1) is 11.3 Å². The summed E-state index contributed by atoms with van der Waals surface area (Å²) < 4.78 is 6.83. The number of nitriles is 1. The fraction of sp³-hybridized carbons (Fsp3) is 0. The van der Waals surface area contributed by atoms with Crippen LogP contribution in [0.5, 0.6) is 0 Å². The third-order valence-corrected chi connectivity index (χ3v) is 3.21. The van der Waals surface area contributed by atoms with Crippen LogP contribution in [0.2, 0.25) is 0 Å². The Kier molecular flexibility index (Phi) is 3.77. The molecule has 3 aromatic heterocycles. The van der Waals surface area contributed by atoms with Crippen molar-refractivity contribution < 1.29 is 14.3 Å². The van der Waals surface area contributed by atoms with E-state index in [2.05, 4.69) is 11.1 Å². The van der Waals surface area contributed by atoms with Gasteiger partial charge in [-0.15, -0.1) is 0 Å². The molecule has 0 radical (unpaired) electrons. The number of nitrogens with zero attached hydrogens (tertiary/aromatic N) is 3. The third kappa shape index (κ3) is 3.04. The van der Waals surface area contributed by atoms with Gasteiger partial charge in [0.05, 0.1) is 17.4 Å². The highest BCUT2D eigenvalue weighted by Gasteiger charge is 2.09. The van der Waals surface area contributed by atoms with Crippen LogP contribution in [0.15, 0.2) is 53.5 Å². The molecule has 0 aliphatic carbocycles. The van der Waals surface area contributed by atoms with Gasteiger partial charge in [-0.05, 0) is 36.4 Å². The molecule has 0 fully saturated rings. The standard InChI is InChI=1S/C17H11N3O3/c18-9-14-11-20(16-8-12(17(21)22)5-6-19-16)10-13(14)3-4-15-2-1-7-23-15/h1-8,10-11H,(H,21,22)/b4-3+. The van der Waals surface area contributed by atoms with Crippen LogP contribution in [-0.4, -0.2) is 20.6 Å². The molecular weight excluding hydrogens is 294 g/mol. The maximum atomic E-state index is 11.0. The number of aromatic carboxylic acids is 1.